The summed E-state index contributed by atoms with van der Waals surface area (Å²) in [5, 5.41) is 5.60. The van der Waals surface area contributed by atoms with E-state index in [2.05, 4.69) is 0 Å². The Morgan fingerprint density at radius 2 is 2.21 bits per heavy atom. The van der Waals surface area contributed by atoms with E-state index in [4.69, 9.17) is 4.74 Å². The predicted octanol–water partition coefficient (Wildman–Crippen LogP) is 3.05. The molecule has 0 aliphatic heterocycles. The van der Waals surface area contributed by atoms with Crippen molar-refractivity contribution in [1.29, 1.82) is 0 Å². The number of carbonyl (C=O) groups excluding carboxylic acids is 1. The van der Waals surface area contributed by atoms with Crippen LogP contribution in [-0.2, 0) is 0 Å². The standard InChI is InChI=1S/C10H8O2S2/c1-12-8-3-5-14-10(8)9(11)7-2-4-13-6-7/h2-6H,1H3. The molecule has 0 fully saturated rings. The number of hydrogen-bond donors (Lipinski definition) is 0. The quantitative estimate of drug-likeness (QED) is 0.749. The molecule has 0 aliphatic carbocycles. The van der Waals surface area contributed by atoms with E-state index < -0.39 is 0 Å². The van der Waals surface area contributed by atoms with Crippen LogP contribution in [0.2, 0.25) is 0 Å². The first kappa shape index (κ1) is 9.43. The summed E-state index contributed by atoms with van der Waals surface area (Å²) in [5.41, 5.74) is 0.732. The number of rotatable bonds is 3. The van der Waals surface area contributed by atoms with Crippen molar-refractivity contribution in [2.75, 3.05) is 7.11 Å². The SMILES string of the molecule is COc1ccsc1C(=O)c1ccsc1. The van der Waals surface area contributed by atoms with Gasteiger partial charge in [0, 0.05) is 10.9 Å². The maximum absolute atomic E-state index is 11.9. The van der Waals surface area contributed by atoms with Gasteiger partial charge in [-0.05, 0) is 22.9 Å². The van der Waals surface area contributed by atoms with Crippen molar-refractivity contribution in [2.24, 2.45) is 0 Å². The first-order valence-electron chi connectivity index (χ1n) is 4.01. The van der Waals surface area contributed by atoms with Crippen LogP contribution in [0.3, 0.4) is 0 Å². The molecule has 2 aromatic heterocycles. The van der Waals surface area contributed by atoms with E-state index in [1.165, 1.54) is 22.7 Å². The van der Waals surface area contributed by atoms with E-state index in [9.17, 15) is 4.79 Å². The molecule has 0 N–H and O–H groups in total. The molecule has 14 heavy (non-hydrogen) atoms. The van der Waals surface area contributed by atoms with Gasteiger partial charge in [0.15, 0.2) is 0 Å². The van der Waals surface area contributed by atoms with Gasteiger partial charge < -0.3 is 4.74 Å². The lowest BCUT2D eigenvalue weighted by Crippen LogP contribution is -1.98. The Morgan fingerprint density at radius 3 is 2.86 bits per heavy atom. The molecule has 0 saturated heterocycles. The fourth-order valence-electron chi connectivity index (χ4n) is 1.15. The molecule has 0 amide bonds. The third-order valence-electron chi connectivity index (χ3n) is 1.84. The fraction of sp³-hybridized carbons (Fsp3) is 0.100. The summed E-state index contributed by atoms with van der Waals surface area (Å²) in [6, 6.07) is 3.64. The normalized spacial score (nSPS) is 10.1. The molecule has 0 spiro atoms. The molecule has 2 nitrogen and oxygen atoms in total. The van der Waals surface area contributed by atoms with E-state index in [1.807, 2.05) is 28.3 Å². The summed E-state index contributed by atoms with van der Waals surface area (Å²) in [7, 11) is 1.58. The average molecular weight is 224 g/mol. The molecule has 0 radical (unpaired) electrons. The molecule has 2 rings (SSSR count). The van der Waals surface area contributed by atoms with Crippen LogP contribution in [-0.4, -0.2) is 12.9 Å². The second kappa shape index (κ2) is 3.94. The maximum atomic E-state index is 11.9. The number of thiophene rings is 2. The fourth-order valence-corrected chi connectivity index (χ4v) is 2.60. The van der Waals surface area contributed by atoms with Gasteiger partial charge >= 0.3 is 0 Å². The summed E-state index contributed by atoms with van der Waals surface area (Å²) < 4.78 is 5.10. The van der Waals surface area contributed by atoms with Crippen molar-refractivity contribution in [3.63, 3.8) is 0 Å². The molecule has 0 unspecified atom stereocenters. The number of methoxy groups -OCH3 is 1. The van der Waals surface area contributed by atoms with Crippen molar-refractivity contribution in [2.45, 2.75) is 0 Å². The monoisotopic (exact) mass is 224 g/mol. The van der Waals surface area contributed by atoms with Crippen molar-refractivity contribution >= 4 is 28.5 Å². The van der Waals surface area contributed by atoms with Crippen LogP contribution in [0.25, 0.3) is 0 Å². The highest BCUT2D eigenvalue weighted by atomic mass is 32.1. The topological polar surface area (TPSA) is 26.3 Å². The Kier molecular flexibility index (Phi) is 2.65. The second-order valence-electron chi connectivity index (χ2n) is 2.66. The number of ether oxygens (including phenoxy) is 1. The van der Waals surface area contributed by atoms with Crippen LogP contribution >= 0.6 is 22.7 Å². The Hall–Kier alpha value is -1.13. The summed E-state index contributed by atoms with van der Waals surface area (Å²) in [4.78, 5) is 12.6. The Bertz CT molecular complexity index is 429. The molecule has 0 bridgehead atoms. The van der Waals surface area contributed by atoms with Crippen molar-refractivity contribution in [3.05, 3.63) is 38.7 Å². The lowest BCUT2D eigenvalue weighted by molar-refractivity contribution is 0.104. The maximum Gasteiger partial charge on any atom is 0.207 e. The minimum absolute atomic E-state index is 0.0399. The van der Waals surface area contributed by atoms with Gasteiger partial charge in [-0.15, -0.1) is 11.3 Å². The summed E-state index contributed by atoms with van der Waals surface area (Å²) in [6.45, 7) is 0. The van der Waals surface area contributed by atoms with Gasteiger partial charge in [-0.2, -0.15) is 11.3 Å². The first-order valence-corrected chi connectivity index (χ1v) is 5.83. The van der Waals surface area contributed by atoms with E-state index in [1.54, 1.807) is 7.11 Å². The predicted molar refractivity (Wildman–Crippen MR) is 58.6 cm³/mol. The van der Waals surface area contributed by atoms with Crippen molar-refractivity contribution < 1.29 is 9.53 Å². The van der Waals surface area contributed by atoms with E-state index in [0.29, 0.717) is 10.6 Å². The largest absolute Gasteiger partial charge is 0.495 e. The smallest absolute Gasteiger partial charge is 0.207 e. The molecular formula is C10H8O2S2. The molecule has 0 saturated carbocycles. The highest BCUT2D eigenvalue weighted by Gasteiger charge is 2.15. The van der Waals surface area contributed by atoms with Gasteiger partial charge in [0.2, 0.25) is 5.78 Å². The van der Waals surface area contributed by atoms with Crippen LogP contribution < -0.4 is 4.74 Å². The zero-order chi connectivity index (χ0) is 9.97. The van der Waals surface area contributed by atoms with Crippen LogP contribution in [0.15, 0.2) is 28.3 Å². The zero-order valence-corrected chi connectivity index (χ0v) is 9.15. The number of hydrogen-bond acceptors (Lipinski definition) is 4. The highest BCUT2D eigenvalue weighted by molar-refractivity contribution is 7.13. The summed E-state index contributed by atoms with van der Waals surface area (Å²) in [6.07, 6.45) is 0. The van der Waals surface area contributed by atoms with Crippen LogP contribution in [0.4, 0.5) is 0 Å². The molecule has 0 aliphatic rings. The van der Waals surface area contributed by atoms with Crippen molar-refractivity contribution in [1.82, 2.24) is 0 Å². The van der Waals surface area contributed by atoms with Gasteiger partial charge in [-0.25, -0.2) is 0 Å². The molecule has 0 atom stereocenters. The minimum Gasteiger partial charge on any atom is -0.495 e. The number of carbonyl (C=O) groups is 1. The first-order chi connectivity index (χ1) is 6.83. The van der Waals surface area contributed by atoms with Gasteiger partial charge in [0.25, 0.3) is 0 Å². The lowest BCUT2D eigenvalue weighted by atomic mass is 10.2. The zero-order valence-electron chi connectivity index (χ0n) is 7.52. The number of ketones is 1. The summed E-state index contributed by atoms with van der Waals surface area (Å²) >= 11 is 2.93. The van der Waals surface area contributed by atoms with Gasteiger partial charge in [0.1, 0.15) is 10.6 Å². The van der Waals surface area contributed by atoms with E-state index in [0.717, 1.165) is 5.56 Å². The molecule has 0 aromatic carbocycles. The summed E-state index contributed by atoms with van der Waals surface area (Å²) in [5.74, 6) is 0.698. The second-order valence-corrected chi connectivity index (χ2v) is 4.36. The molecule has 2 aromatic rings. The van der Waals surface area contributed by atoms with Gasteiger partial charge in [-0.1, -0.05) is 0 Å². The van der Waals surface area contributed by atoms with Gasteiger partial charge in [0.05, 0.1) is 7.11 Å². The Balaban J connectivity index is 2.36. The Morgan fingerprint density at radius 1 is 1.36 bits per heavy atom. The minimum atomic E-state index is 0.0399. The molecule has 4 heteroatoms. The van der Waals surface area contributed by atoms with E-state index >= 15 is 0 Å². The third kappa shape index (κ3) is 1.58. The molecular weight excluding hydrogens is 216 g/mol. The molecule has 72 valence electrons. The van der Waals surface area contributed by atoms with Crippen LogP contribution in [0, 0.1) is 0 Å². The lowest BCUT2D eigenvalue weighted by Gasteiger charge is -1.99. The average Bonchev–Trinajstić information content (AvgIpc) is 2.87. The van der Waals surface area contributed by atoms with E-state index in [-0.39, 0.29) is 5.78 Å². The molecule has 2 heterocycles. The Labute approximate surface area is 89.8 Å². The van der Waals surface area contributed by atoms with Crippen LogP contribution in [0.1, 0.15) is 15.2 Å². The highest BCUT2D eigenvalue weighted by Crippen LogP contribution is 2.27. The van der Waals surface area contributed by atoms with Crippen LogP contribution in [0.5, 0.6) is 5.75 Å². The van der Waals surface area contributed by atoms with Gasteiger partial charge in [-0.3, -0.25) is 4.79 Å². The van der Waals surface area contributed by atoms with Crippen molar-refractivity contribution in [3.8, 4) is 5.75 Å². The third-order valence-corrected chi connectivity index (χ3v) is 3.42.